The van der Waals surface area contributed by atoms with Crippen molar-refractivity contribution in [2.45, 2.75) is 59.3 Å². The number of hydrogen-bond donors (Lipinski definition) is 1. The molecule has 1 aliphatic rings. The third-order valence-corrected chi connectivity index (χ3v) is 5.49. The first kappa shape index (κ1) is 18.3. The molecular weight excluding hydrogens is 289 g/mol. The van der Waals surface area contributed by atoms with Crippen LogP contribution in [0, 0.1) is 23.1 Å². The third-order valence-electron chi connectivity index (χ3n) is 5.49. The van der Waals surface area contributed by atoms with E-state index < -0.39 is 0 Å². The van der Waals surface area contributed by atoms with Crippen molar-refractivity contribution in [3.05, 3.63) is 29.6 Å². The van der Waals surface area contributed by atoms with Gasteiger partial charge < -0.3 is 10.5 Å². The molecule has 0 aliphatic heterocycles. The van der Waals surface area contributed by atoms with E-state index in [1.165, 1.54) is 31.7 Å². The van der Waals surface area contributed by atoms with Gasteiger partial charge >= 0.3 is 0 Å². The van der Waals surface area contributed by atoms with Gasteiger partial charge in [-0.3, -0.25) is 0 Å². The Balaban J connectivity index is 2.16. The summed E-state index contributed by atoms with van der Waals surface area (Å²) in [7, 11) is 0. The Morgan fingerprint density at radius 1 is 1.22 bits per heavy atom. The molecule has 130 valence electrons. The molecule has 0 spiro atoms. The van der Waals surface area contributed by atoms with Crippen LogP contribution in [0.1, 0.15) is 64.9 Å². The average Bonchev–Trinajstić information content (AvgIpc) is 2.50. The number of halogens is 1. The van der Waals surface area contributed by atoms with Crippen LogP contribution in [0.5, 0.6) is 5.75 Å². The number of rotatable bonds is 5. The number of nitrogens with two attached hydrogens (primary N) is 1. The second-order valence-electron chi connectivity index (χ2n) is 7.94. The molecule has 1 saturated carbocycles. The molecule has 1 aromatic carbocycles. The maximum Gasteiger partial charge on any atom is 0.123 e. The minimum Gasteiger partial charge on any atom is -0.494 e. The van der Waals surface area contributed by atoms with Crippen molar-refractivity contribution >= 4 is 0 Å². The molecule has 23 heavy (non-hydrogen) atoms. The molecule has 2 N–H and O–H groups in total. The van der Waals surface area contributed by atoms with Crippen LogP contribution in [0.25, 0.3) is 0 Å². The zero-order valence-corrected chi connectivity index (χ0v) is 15.1. The number of hydrogen-bond acceptors (Lipinski definition) is 2. The van der Waals surface area contributed by atoms with Gasteiger partial charge in [-0.15, -0.1) is 0 Å². The second kappa shape index (κ2) is 7.65. The average molecular weight is 321 g/mol. The van der Waals surface area contributed by atoms with Crippen molar-refractivity contribution in [1.29, 1.82) is 0 Å². The Morgan fingerprint density at radius 2 is 1.87 bits per heavy atom. The standard InChI is InChI=1S/C20H32FNO/c1-5-23-19-11-10-16(21)12-17(19)18(13-22)14-6-8-15(9-7-14)20(2,3)4/h10-12,14-15,18H,5-9,13,22H2,1-4H3. The Hall–Kier alpha value is -1.09. The summed E-state index contributed by atoms with van der Waals surface area (Å²) in [5.41, 5.74) is 7.42. The van der Waals surface area contributed by atoms with Gasteiger partial charge in [-0.2, -0.15) is 0 Å². The van der Waals surface area contributed by atoms with Crippen LogP contribution >= 0.6 is 0 Å². The van der Waals surface area contributed by atoms with E-state index in [-0.39, 0.29) is 11.7 Å². The predicted molar refractivity (Wildman–Crippen MR) is 94.3 cm³/mol. The molecule has 3 heteroatoms. The van der Waals surface area contributed by atoms with E-state index in [0.29, 0.717) is 24.5 Å². The molecule has 1 aromatic rings. The first-order chi connectivity index (χ1) is 10.9. The molecule has 0 radical (unpaired) electrons. The van der Waals surface area contributed by atoms with E-state index in [0.717, 1.165) is 17.2 Å². The van der Waals surface area contributed by atoms with Crippen molar-refractivity contribution in [2.75, 3.05) is 13.2 Å². The number of ether oxygens (including phenoxy) is 1. The lowest BCUT2D eigenvalue weighted by atomic mass is 9.66. The summed E-state index contributed by atoms with van der Waals surface area (Å²) >= 11 is 0. The van der Waals surface area contributed by atoms with Gasteiger partial charge in [-0.1, -0.05) is 20.8 Å². The fourth-order valence-corrected chi connectivity index (χ4v) is 4.06. The van der Waals surface area contributed by atoms with Gasteiger partial charge in [0.1, 0.15) is 11.6 Å². The van der Waals surface area contributed by atoms with Crippen LogP contribution in [0.4, 0.5) is 4.39 Å². The highest BCUT2D eigenvalue weighted by Crippen LogP contribution is 2.45. The zero-order chi connectivity index (χ0) is 17.0. The molecule has 0 saturated heterocycles. The molecule has 0 bridgehead atoms. The quantitative estimate of drug-likeness (QED) is 0.817. The predicted octanol–water partition coefficient (Wildman–Crippen LogP) is 5.12. The van der Waals surface area contributed by atoms with Gasteiger partial charge in [0.15, 0.2) is 0 Å². The highest BCUT2D eigenvalue weighted by Gasteiger charge is 2.33. The van der Waals surface area contributed by atoms with Gasteiger partial charge in [0.25, 0.3) is 0 Å². The highest BCUT2D eigenvalue weighted by atomic mass is 19.1. The summed E-state index contributed by atoms with van der Waals surface area (Å²) in [5.74, 6) is 2.08. The molecule has 1 aliphatic carbocycles. The van der Waals surface area contributed by atoms with E-state index >= 15 is 0 Å². The SMILES string of the molecule is CCOc1ccc(F)cc1C(CN)C1CCC(C(C)(C)C)CC1. The van der Waals surface area contributed by atoms with Crippen molar-refractivity contribution < 1.29 is 9.13 Å². The first-order valence-corrected chi connectivity index (χ1v) is 8.99. The topological polar surface area (TPSA) is 35.2 Å². The normalized spacial score (nSPS) is 23.6. The summed E-state index contributed by atoms with van der Waals surface area (Å²) in [6.07, 6.45) is 4.83. The molecule has 1 atom stereocenters. The van der Waals surface area contributed by atoms with Crippen molar-refractivity contribution in [2.24, 2.45) is 23.0 Å². The fraction of sp³-hybridized carbons (Fsp3) is 0.700. The van der Waals surface area contributed by atoms with Gasteiger partial charge in [0.2, 0.25) is 0 Å². The van der Waals surface area contributed by atoms with Crippen molar-refractivity contribution in [3.63, 3.8) is 0 Å². The van der Waals surface area contributed by atoms with Crippen LogP contribution in [0.2, 0.25) is 0 Å². The minimum absolute atomic E-state index is 0.188. The number of benzene rings is 1. The van der Waals surface area contributed by atoms with Gasteiger partial charge in [-0.25, -0.2) is 4.39 Å². The molecule has 0 amide bonds. The molecular formula is C20H32FNO. The Kier molecular flexibility index (Phi) is 6.07. The van der Waals surface area contributed by atoms with Crippen molar-refractivity contribution in [3.8, 4) is 5.75 Å². The van der Waals surface area contributed by atoms with E-state index in [2.05, 4.69) is 20.8 Å². The van der Waals surface area contributed by atoms with Crippen LogP contribution < -0.4 is 10.5 Å². The summed E-state index contributed by atoms with van der Waals surface area (Å²) in [6, 6.07) is 4.84. The van der Waals surface area contributed by atoms with E-state index in [1.54, 1.807) is 12.1 Å². The lowest BCUT2D eigenvalue weighted by Gasteiger charge is -2.39. The zero-order valence-electron chi connectivity index (χ0n) is 15.1. The van der Waals surface area contributed by atoms with Crippen LogP contribution in [0.15, 0.2) is 18.2 Å². The molecule has 1 fully saturated rings. The Labute approximate surface area is 140 Å². The first-order valence-electron chi connectivity index (χ1n) is 8.99. The lowest BCUT2D eigenvalue weighted by Crippen LogP contribution is -2.30. The lowest BCUT2D eigenvalue weighted by molar-refractivity contribution is 0.139. The molecule has 0 aromatic heterocycles. The van der Waals surface area contributed by atoms with E-state index in [9.17, 15) is 4.39 Å². The monoisotopic (exact) mass is 321 g/mol. The van der Waals surface area contributed by atoms with Crippen LogP contribution in [0.3, 0.4) is 0 Å². The molecule has 2 nitrogen and oxygen atoms in total. The maximum atomic E-state index is 13.8. The molecule has 1 unspecified atom stereocenters. The minimum atomic E-state index is -0.203. The van der Waals surface area contributed by atoms with E-state index in [4.69, 9.17) is 10.5 Å². The summed E-state index contributed by atoms with van der Waals surface area (Å²) < 4.78 is 19.5. The Morgan fingerprint density at radius 3 is 2.39 bits per heavy atom. The molecule has 2 rings (SSSR count). The largest absolute Gasteiger partial charge is 0.494 e. The summed E-state index contributed by atoms with van der Waals surface area (Å²) in [5, 5.41) is 0. The molecule has 0 heterocycles. The van der Waals surface area contributed by atoms with Gasteiger partial charge in [0, 0.05) is 11.5 Å². The third kappa shape index (κ3) is 4.47. The Bertz CT molecular complexity index is 501. The smallest absolute Gasteiger partial charge is 0.123 e. The highest BCUT2D eigenvalue weighted by molar-refractivity contribution is 5.37. The van der Waals surface area contributed by atoms with Crippen LogP contribution in [-0.4, -0.2) is 13.2 Å². The fourth-order valence-electron chi connectivity index (χ4n) is 4.06. The van der Waals surface area contributed by atoms with Gasteiger partial charge in [-0.05, 0) is 74.6 Å². The second-order valence-corrected chi connectivity index (χ2v) is 7.94. The maximum absolute atomic E-state index is 13.8. The van der Waals surface area contributed by atoms with Gasteiger partial charge in [0.05, 0.1) is 6.61 Å². The summed E-state index contributed by atoms with van der Waals surface area (Å²) in [6.45, 7) is 10.1. The summed E-state index contributed by atoms with van der Waals surface area (Å²) in [4.78, 5) is 0. The van der Waals surface area contributed by atoms with Crippen LogP contribution in [-0.2, 0) is 0 Å². The van der Waals surface area contributed by atoms with E-state index in [1.807, 2.05) is 6.92 Å². The van der Waals surface area contributed by atoms with Crippen molar-refractivity contribution in [1.82, 2.24) is 0 Å².